The van der Waals surface area contributed by atoms with Crippen LogP contribution in [-0.2, 0) is 7.05 Å². The van der Waals surface area contributed by atoms with Crippen molar-refractivity contribution in [3.63, 3.8) is 0 Å². The topological polar surface area (TPSA) is 68.8 Å². The molecule has 3 heterocycles. The lowest BCUT2D eigenvalue weighted by Crippen LogP contribution is -2.27. The second kappa shape index (κ2) is 5.98. The van der Waals surface area contributed by atoms with Crippen molar-refractivity contribution in [1.29, 1.82) is 0 Å². The minimum Gasteiger partial charge on any atom is -0.436 e. The molecule has 3 aromatic heterocycles. The normalized spacial score (nSPS) is 11.8. The molecule has 0 saturated heterocycles. The van der Waals surface area contributed by atoms with Crippen molar-refractivity contribution >= 4 is 16.9 Å². The molecule has 0 radical (unpaired) electrons. The van der Waals surface area contributed by atoms with Crippen molar-refractivity contribution in [2.45, 2.75) is 26.3 Å². The maximum absolute atomic E-state index is 5.99. The molecular formula is C20H21N5O. The number of nitrogens with one attached hydrogen (secondary N) is 1. The van der Waals surface area contributed by atoms with E-state index in [1.807, 2.05) is 56.0 Å². The molecule has 0 spiro atoms. The zero-order valence-corrected chi connectivity index (χ0v) is 15.3. The molecule has 132 valence electrons. The molecule has 0 saturated carbocycles. The first kappa shape index (κ1) is 16.3. The number of hydrogen-bond acceptors (Lipinski definition) is 5. The zero-order chi connectivity index (χ0) is 18.3. The molecule has 0 aliphatic carbocycles. The van der Waals surface area contributed by atoms with Crippen molar-refractivity contribution in [1.82, 2.24) is 19.7 Å². The first-order chi connectivity index (χ1) is 12.4. The van der Waals surface area contributed by atoms with Gasteiger partial charge in [-0.2, -0.15) is 5.10 Å². The molecule has 4 rings (SSSR count). The summed E-state index contributed by atoms with van der Waals surface area (Å²) in [5, 5.41) is 7.69. The lowest BCUT2D eigenvalue weighted by Gasteiger charge is -2.22. The Bertz CT molecular complexity index is 1040. The van der Waals surface area contributed by atoms with Crippen LogP contribution in [-0.4, -0.2) is 25.3 Å². The quantitative estimate of drug-likeness (QED) is 0.591. The third kappa shape index (κ3) is 3.18. The van der Waals surface area contributed by atoms with Gasteiger partial charge in [0.25, 0.3) is 0 Å². The fourth-order valence-corrected chi connectivity index (χ4v) is 2.80. The highest BCUT2D eigenvalue weighted by Crippen LogP contribution is 2.33. The number of rotatable bonds is 3. The molecule has 1 N–H and O–H groups in total. The van der Waals surface area contributed by atoms with Crippen LogP contribution in [0, 0.1) is 0 Å². The molecule has 26 heavy (non-hydrogen) atoms. The maximum atomic E-state index is 5.99. The molecule has 0 unspecified atom stereocenters. The molecule has 0 amide bonds. The summed E-state index contributed by atoms with van der Waals surface area (Å²) in [6.07, 6.45) is 5.63. The molecule has 0 aliphatic rings. The van der Waals surface area contributed by atoms with Gasteiger partial charge in [-0.1, -0.05) is 12.1 Å². The Morgan fingerprint density at radius 2 is 1.88 bits per heavy atom. The summed E-state index contributed by atoms with van der Waals surface area (Å²) in [6.45, 7) is 6.29. The van der Waals surface area contributed by atoms with Gasteiger partial charge < -0.3 is 9.73 Å². The van der Waals surface area contributed by atoms with Gasteiger partial charge in [0, 0.05) is 36.1 Å². The first-order valence-corrected chi connectivity index (χ1v) is 8.52. The Balaban J connectivity index is 1.87. The van der Waals surface area contributed by atoms with Gasteiger partial charge in [0.1, 0.15) is 11.3 Å². The van der Waals surface area contributed by atoms with Crippen LogP contribution in [0.15, 0.2) is 53.3 Å². The second-order valence-corrected chi connectivity index (χ2v) is 7.38. The number of fused-ring (bicyclic) bond motifs is 1. The van der Waals surface area contributed by atoms with Crippen LogP contribution in [0.4, 0.5) is 5.82 Å². The zero-order valence-electron chi connectivity index (χ0n) is 15.3. The van der Waals surface area contributed by atoms with Crippen molar-refractivity contribution in [2.24, 2.45) is 7.05 Å². The lowest BCUT2D eigenvalue weighted by atomic mass is 10.1. The Morgan fingerprint density at radius 3 is 2.58 bits per heavy atom. The summed E-state index contributed by atoms with van der Waals surface area (Å²) in [4.78, 5) is 9.29. The summed E-state index contributed by atoms with van der Waals surface area (Å²) in [5.41, 5.74) is 4.25. The SMILES string of the molecule is Cn1cc(-c2cnc(NC(C)(C)C)c(-c3nc4ccccc4o3)c2)cn1. The number of aryl methyl sites for hydroxylation is 1. The van der Waals surface area contributed by atoms with Crippen molar-refractivity contribution in [3.8, 4) is 22.6 Å². The minimum atomic E-state index is -0.135. The van der Waals surface area contributed by atoms with Gasteiger partial charge >= 0.3 is 0 Å². The third-order valence-electron chi connectivity index (χ3n) is 3.94. The number of hydrogen-bond donors (Lipinski definition) is 1. The molecule has 0 atom stereocenters. The van der Waals surface area contributed by atoms with Gasteiger partial charge in [-0.25, -0.2) is 9.97 Å². The van der Waals surface area contributed by atoms with Crippen molar-refractivity contribution in [2.75, 3.05) is 5.32 Å². The number of nitrogens with zero attached hydrogens (tertiary/aromatic N) is 4. The highest BCUT2D eigenvalue weighted by Gasteiger charge is 2.19. The van der Waals surface area contributed by atoms with Gasteiger partial charge in [-0.05, 0) is 39.0 Å². The fourth-order valence-electron chi connectivity index (χ4n) is 2.80. The summed E-state index contributed by atoms with van der Waals surface area (Å²) in [5.74, 6) is 1.30. The van der Waals surface area contributed by atoms with E-state index in [2.05, 4.69) is 41.2 Å². The number of benzene rings is 1. The third-order valence-corrected chi connectivity index (χ3v) is 3.94. The largest absolute Gasteiger partial charge is 0.436 e. The van der Waals surface area contributed by atoms with E-state index < -0.39 is 0 Å². The Kier molecular flexibility index (Phi) is 3.76. The van der Waals surface area contributed by atoms with Crippen LogP contribution >= 0.6 is 0 Å². The van der Waals surface area contributed by atoms with Crippen LogP contribution in [0.5, 0.6) is 0 Å². The molecular weight excluding hydrogens is 326 g/mol. The van der Waals surface area contributed by atoms with E-state index in [1.165, 1.54) is 0 Å². The Hall–Kier alpha value is -3.15. The number of anilines is 1. The standard InChI is InChI=1S/C20H21N5O/c1-20(2,3)24-18-15(19-23-16-7-5-6-8-17(16)26-19)9-13(10-21-18)14-11-22-25(4)12-14/h5-12H,1-4H3,(H,21,24). The Morgan fingerprint density at radius 1 is 1.08 bits per heavy atom. The van der Waals surface area contributed by atoms with E-state index in [9.17, 15) is 0 Å². The van der Waals surface area contributed by atoms with Crippen molar-refractivity contribution in [3.05, 3.63) is 48.9 Å². The van der Waals surface area contributed by atoms with Crippen LogP contribution in [0.1, 0.15) is 20.8 Å². The van der Waals surface area contributed by atoms with E-state index in [-0.39, 0.29) is 5.54 Å². The van der Waals surface area contributed by atoms with E-state index in [0.717, 1.165) is 33.6 Å². The van der Waals surface area contributed by atoms with Gasteiger partial charge in [0.15, 0.2) is 5.58 Å². The molecule has 6 heteroatoms. The highest BCUT2D eigenvalue weighted by molar-refractivity contribution is 5.81. The van der Waals surface area contributed by atoms with Gasteiger partial charge in [-0.15, -0.1) is 0 Å². The average Bonchev–Trinajstić information content (AvgIpc) is 3.19. The molecule has 4 aromatic rings. The monoisotopic (exact) mass is 347 g/mol. The number of aromatic nitrogens is 4. The summed E-state index contributed by atoms with van der Waals surface area (Å²) >= 11 is 0. The molecule has 0 bridgehead atoms. The van der Waals surface area contributed by atoms with E-state index >= 15 is 0 Å². The summed E-state index contributed by atoms with van der Waals surface area (Å²) in [7, 11) is 1.90. The van der Waals surface area contributed by atoms with E-state index in [0.29, 0.717) is 5.89 Å². The molecule has 0 aliphatic heterocycles. The molecule has 6 nitrogen and oxygen atoms in total. The van der Waals surface area contributed by atoms with Crippen LogP contribution < -0.4 is 5.32 Å². The number of oxazole rings is 1. The van der Waals surface area contributed by atoms with Gasteiger partial charge in [0.2, 0.25) is 5.89 Å². The van der Waals surface area contributed by atoms with Crippen LogP contribution in [0.3, 0.4) is 0 Å². The predicted octanol–water partition coefficient (Wildman–Crippen LogP) is 4.50. The fraction of sp³-hybridized carbons (Fsp3) is 0.250. The van der Waals surface area contributed by atoms with Gasteiger partial charge in [-0.3, -0.25) is 4.68 Å². The minimum absolute atomic E-state index is 0.135. The molecule has 1 aromatic carbocycles. The second-order valence-electron chi connectivity index (χ2n) is 7.38. The summed E-state index contributed by atoms with van der Waals surface area (Å²) < 4.78 is 7.77. The van der Waals surface area contributed by atoms with Crippen molar-refractivity contribution < 1.29 is 4.42 Å². The van der Waals surface area contributed by atoms with Gasteiger partial charge in [0.05, 0.1) is 11.8 Å². The van der Waals surface area contributed by atoms with Crippen LogP contribution in [0.2, 0.25) is 0 Å². The number of para-hydroxylation sites is 2. The predicted molar refractivity (Wildman–Crippen MR) is 103 cm³/mol. The van der Waals surface area contributed by atoms with E-state index in [1.54, 1.807) is 4.68 Å². The first-order valence-electron chi connectivity index (χ1n) is 8.52. The number of pyridine rings is 1. The Labute approximate surface area is 151 Å². The summed E-state index contributed by atoms with van der Waals surface area (Å²) in [6, 6.07) is 9.80. The maximum Gasteiger partial charge on any atom is 0.231 e. The lowest BCUT2D eigenvalue weighted by molar-refractivity contribution is 0.614. The average molecular weight is 347 g/mol. The van der Waals surface area contributed by atoms with E-state index in [4.69, 9.17) is 4.42 Å². The highest BCUT2D eigenvalue weighted by atomic mass is 16.3. The van der Waals surface area contributed by atoms with Crippen LogP contribution in [0.25, 0.3) is 33.7 Å². The smallest absolute Gasteiger partial charge is 0.231 e. The molecule has 0 fully saturated rings.